The van der Waals surface area contributed by atoms with E-state index in [1.165, 1.54) is 0 Å². The summed E-state index contributed by atoms with van der Waals surface area (Å²) in [6.45, 7) is 0. The molecule has 0 aliphatic rings. The Morgan fingerprint density at radius 3 is 2.15 bits per heavy atom. The summed E-state index contributed by atoms with van der Waals surface area (Å²) in [5, 5.41) is 0. The van der Waals surface area contributed by atoms with E-state index in [9.17, 15) is 13.2 Å². The maximum atomic E-state index is 12.2. The second-order valence-electron chi connectivity index (χ2n) is 2.43. The van der Waals surface area contributed by atoms with E-state index < -0.39 is 11.7 Å². The maximum absolute atomic E-state index is 12.2. The highest BCUT2D eigenvalue weighted by molar-refractivity contribution is 9.10. The van der Waals surface area contributed by atoms with Gasteiger partial charge in [0, 0.05) is 0 Å². The summed E-state index contributed by atoms with van der Waals surface area (Å²) >= 11 is 2.74. The summed E-state index contributed by atoms with van der Waals surface area (Å²) in [7, 11) is 0. The Morgan fingerprint density at radius 2 is 1.69 bits per heavy atom. The minimum absolute atomic E-state index is 0.0881. The molecule has 2 nitrogen and oxygen atoms in total. The van der Waals surface area contributed by atoms with Gasteiger partial charge < -0.3 is 11.5 Å². The summed E-state index contributed by atoms with van der Waals surface area (Å²) in [6.07, 6.45) is -4.42. The zero-order chi connectivity index (χ0) is 10.2. The lowest BCUT2D eigenvalue weighted by Gasteiger charge is -2.11. The maximum Gasteiger partial charge on any atom is 0.417 e. The van der Waals surface area contributed by atoms with Crippen molar-refractivity contribution in [1.29, 1.82) is 0 Å². The van der Waals surface area contributed by atoms with E-state index in [1.54, 1.807) is 0 Å². The fraction of sp³-hybridized carbons (Fsp3) is 0.143. The summed E-state index contributed by atoms with van der Waals surface area (Å²) in [5.74, 6) is 0. The van der Waals surface area contributed by atoms with Crippen LogP contribution in [0.4, 0.5) is 24.5 Å². The normalized spacial score (nSPS) is 11.7. The van der Waals surface area contributed by atoms with Crippen LogP contribution < -0.4 is 11.5 Å². The van der Waals surface area contributed by atoms with E-state index in [2.05, 4.69) is 15.9 Å². The van der Waals surface area contributed by atoms with Gasteiger partial charge in [0.15, 0.2) is 0 Å². The first-order valence-corrected chi connectivity index (χ1v) is 4.04. The largest absolute Gasteiger partial charge is 0.417 e. The van der Waals surface area contributed by atoms with Crippen LogP contribution in [0.3, 0.4) is 0 Å². The molecule has 0 bridgehead atoms. The van der Waals surface area contributed by atoms with E-state index in [0.29, 0.717) is 0 Å². The highest BCUT2D eigenvalue weighted by atomic mass is 79.9. The zero-order valence-corrected chi connectivity index (χ0v) is 7.91. The number of hydrogen-bond acceptors (Lipinski definition) is 2. The fourth-order valence-electron chi connectivity index (χ4n) is 0.827. The van der Waals surface area contributed by atoms with E-state index >= 15 is 0 Å². The van der Waals surface area contributed by atoms with E-state index in [1.807, 2.05) is 0 Å². The first kappa shape index (κ1) is 10.2. The number of alkyl halides is 3. The van der Waals surface area contributed by atoms with Crippen molar-refractivity contribution in [3.8, 4) is 0 Å². The van der Waals surface area contributed by atoms with Crippen LogP contribution in [0.15, 0.2) is 16.6 Å². The lowest BCUT2D eigenvalue weighted by Crippen LogP contribution is -2.08. The SMILES string of the molecule is Nc1ccc(C(F)(F)F)c(Br)c1N. The molecule has 0 saturated carbocycles. The third-order valence-corrected chi connectivity index (χ3v) is 2.37. The van der Waals surface area contributed by atoms with Gasteiger partial charge in [-0.3, -0.25) is 0 Å². The predicted octanol–water partition coefficient (Wildman–Crippen LogP) is 2.63. The third-order valence-electron chi connectivity index (χ3n) is 1.52. The van der Waals surface area contributed by atoms with Crippen LogP contribution in [0.2, 0.25) is 0 Å². The van der Waals surface area contributed by atoms with Crippen LogP contribution in [0.25, 0.3) is 0 Å². The van der Waals surface area contributed by atoms with Gasteiger partial charge in [-0.15, -0.1) is 0 Å². The molecule has 6 heteroatoms. The molecule has 13 heavy (non-hydrogen) atoms. The monoisotopic (exact) mass is 254 g/mol. The molecule has 0 aliphatic heterocycles. The molecular weight excluding hydrogens is 249 g/mol. The molecule has 0 atom stereocenters. The van der Waals surface area contributed by atoms with Gasteiger partial charge in [0.2, 0.25) is 0 Å². The Kier molecular flexibility index (Phi) is 2.42. The lowest BCUT2D eigenvalue weighted by molar-refractivity contribution is -0.138. The van der Waals surface area contributed by atoms with Crippen molar-refractivity contribution < 1.29 is 13.2 Å². The molecule has 0 saturated heterocycles. The van der Waals surface area contributed by atoms with Crippen molar-refractivity contribution in [2.75, 3.05) is 11.5 Å². The number of hydrogen-bond donors (Lipinski definition) is 2. The molecule has 0 unspecified atom stereocenters. The molecule has 0 spiro atoms. The van der Waals surface area contributed by atoms with Crippen LogP contribution in [0.1, 0.15) is 5.56 Å². The molecule has 1 aromatic carbocycles. The second kappa shape index (κ2) is 3.10. The highest BCUT2D eigenvalue weighted by Crippen LogP contribution is 2.39. The van der Waals surface area contributed by atoms with Gasteiger partial charge >= 0.3 is 6.18 Å². The number of nitrogens with two attached hydrogens (primary N) is 2. The van der Waals surface area contributed by atoms with Crippen molar-refractivity contribution in [2.45, 2.75) is 6.18 Å². The summed E-state index contributed by atoms with van der Waals surface area (Å²) in [5.41, 5.74) is 9.83. The number of benzene rings is 1. The highest BCUT2D eigenvalue weighted by Gasteiger charge is 2.33. The van der Waals surface area contributed by atoms with Gasteiger partial charge in [0.05, 0.1) is 21.4 Å². The quantitative estimate of drug-likeness (QED) is 0.700. The standard InChI is InChI=1S/C7H6BrF3N2/c8-5-3(7(9,10)11)1-2-4(12)6(5)13/h1-2H,12-13H2. The molecule has 0 amide bonds. The Hall–Kier alpha value is -0.910. The Labute approximate surface area is 80.8 Å². The number of halogens is 4. The Bertz CT molecular complexity index is 335. The fourth-order valence-corrected chi connectivity index (χ4v) is 1.41. The molecule has 0 radical (unpaired) electrons. The van der Waals surface area contributed by atoms with Crippen LogP contribution in [-0.4, -0.2) is 0 Å². The number of anilines is 2. The first-order chi connectivity index (χ1) is 5.84. The Morgan fingerprint density at radius 1 is 1.15 bits per heavy atom. The minimum atomic E-state index is -4.42. The predicted molar refractivity (Wildman–Crippen MR) is 48.0 cm³/mol. The smallest absolute Gasteiger partial charge is 0.397 e. The first-order valence-electron chi connectivity index (χ1n) is 3.24. The second-order valence-corrected chi connectivity index (χ2v) is 3.22. The van der Waals surface area contributed by atoms with Crippen molar-refractivity contribution >= 4 is 27.3 Å². The van der Waals surface area contributed by atoms with Gasteiger partial charge in [-0.25, -0.2) is 0 Å². The van der Waals surface area contributed by atoms with E-state index in [4.69, 9.17) is 11.5 Å². The van der Waals surface area contributed by atoms with Crippen LogP contribution in [0, 0.1) is 0 Å². The molecular formula is C7H6BrF3N2. The molecule has 4 N–H and O–H groups in total. The number of nitrogen functional groups attached to an aromatic ring is 2. The number of rotatable bonds is 0. The topological polar surface area (TPSA) is 52.0 Å². The van der Waals surface area contributed by atoms with E-state index in [0.717, 1.165) is 12.1 Å². The van der Waals surface area contributed by atoms with Crippen molar-refractivity contribution in [3.05, 3.63) is 22.2 Å². The molecule has 0 aromatic heterocycles. The van der Waals surface area contributed by atoms with Crippen molar-refractivity contribution in [3.63, 3.8) is 0 Å². The molecule has 1 aromatic rings. The van der Waals surface area contributed by atoms with Gasteiger partial charge in [-0.1, -0.05) is 0 Å². The minimum Gasteiger partial charge on any atom is -0.397 e. The van der Waals surface area contributed by atoms with Crippen LogP contribution in [0.5, 0.6) is 0 Å². The van der Waals surface area contributed by atoms with Gasteiger partial charge in [0.25, 0.3) is 0 Å². The lowest BCUT2D eigenvalue weighted by atomic mass is 10.1. The van der Waals surface area contributed by atoms with Gasteiger partial charge in [-0.05, 0) is 28.1 Å². The molecule has 0 fully saturated rings. The average Bonchev–Trinajstić information content (AvgIpc) is 1.98. The van der Waals surface area contributed by atoms with Gasteiger partial charge in [-0.2, -0.15) is 13.2 Å². The molecule has 72 valence electrons. The van der Waals surface area contributed by atoms with E-state index in [-0.39, 0.29) is 15.8 Å². The van der Waals surface area contributed by atoms with Crippen LogP contribution in [-0.2, 0) is 6.18 Å². The summed E-state index contributed by atoms with van der Waals surface area (Å²) in [4.78, 5) is 0. The molecule has 1 rings (SSSR count). The zero-order valence-electron chi connectivity index (χ0n) is 6.32. The third kappa shape index (κ3) is 1.88. The summed E-state index contributed by atoms with van der Waals surface area (Å²) < 4.78 is 36.5. The van der Waals surface area contributed by atoms with Crippen molar-refractivity contribution in [2.24, 2.45) is 0 Å². The van der Waals surface area contributed by atoms with Crippen molar-refractivity contribution in [1.82, 2.24) is 0 Å². The molecule has 0 heterocycles. The summed E-state index contributed by atoms with van der Waals surface area (Å²) in [6, 6.07) is 2.01. The average molecular weight is 255 g/mol. The Balaban J connectivity index is 3.35. The van der Waals surface area contributed by atoms with Crippen LogP contribution >= 0.6 is 15.9 Å². The molecule has 0 aliphatic carbocycles. The van der Waals surface area contributed by atoms with Gasteiger partial charge in [0.1, 0.15) is 0 Å².